The number of aryl methyl sites for hydroxylation is 3. The molecule has 0 fully saturated rings. The summed E-state index contributed by atoms with van der Waals surface area (Å²) in [6, 6.07) is 15.6. The predicted molar refractivity (Wildman–Crippen MR) is 82.3 cm³/mol. The summed E-state index contributed by atoms with van der Waals surface area (Å²) in [7, 11) is 0. The molecule has 0 bridgehead atoms. The van der Waals surface area contributed by atoms with Gasteiger partial charge in [-0.25, -0.2) is 0 Å². The molecule has 0 aliphatic rings. The highest BCUT2D eigenvalue weighted by Crippen LogP contribution is 2.18. The molecular weight excluding hydrogens is 230 g/mol. The first kappa shape index (κ1) is 13.8. The Labute approximate surface area is 116 Å². The second kappa shape index (κ2) is 6.03. The molecule has 100 valence electrons. The second-order valence-electron chi connectivity index (χ2n) is 5.39. The van der Waals surface area contributed by atoms with Gasteiger partial charge in [0.05, 0.1) is 0 Å². The summed E-state index contributed by atoms with van der Waals surface area (Å²) in [5, 5.41) is 3.62. The molecule has 0 heterocycles. The maximum absolute atomic E-state index is 3.62. The summed E-state index contributed by atoms with van der Waals surface area (Å²) in [5.74, 6) is 0. The van der Waals surface area contributed by atoms with Crippen LogP contribution < -0.4 is 5.32 Å². The van der Waals surface area contributed by atoms with Gasteiger partial charge in [0.25, 0.3) is 0 Å². The lowest BCUT2D eigenvalue weighted by molar-refractivity contribution is 0.571. The number of hydrogen-bond donors (Lipinski definition) is 1. The van der Waals surface area contributed by atoms with Crippen molar-refractivity contribution in [3.63, 3.8) is 0 Å². The molecule has 0 saturated carbocycles. The molecule has 0 saturated heterocycles. The van der Waals surface area contributed by atoms with Crippen LogP contribution in [0.15, 0.2) is 42.5 Å². The molecular formula is C18H23N. The molecule has 0 aliphatic heterocycles. The fourth-order valence-electron chi connectivity index (χ4n) is 2.44. The van der Waals surface area contributed by atoms with Crippen molar-refractivity contribution >= 4 is 0 Å². The smallest absolute Gasteiger partial charge is 0.0297 e. The molecule has 0 amide bonds. The first-order chi connectivity index (χ1) is 9.08. The Morgan fingerprint density at radius 2 is 1.68 bits per heavy atom. The molecule has 1 heteroatoms. The van der Waals surface area contributed by atoms with E-state index in [1.807, 2.05) is 0 Å². The Hall–Kier alpha value is -1.60. The quantitative estimate of drug-likeness (QED) is 0.848. The average Bonchev–Trinajstić information content (AvgIpc) is 2.40. The van der Waals surface area contributed by atoms with Gasteiger partial charge in [0.1, 0.15) is 0 Å². The molecule has 0 aromatic heterocycles. The van der Waals surface area contributed by atoms with Crippen LogP contribution in [0.3, 0.4) is 0 Å². The second-order valence-corrected chi connectivity index (χ2v) is 5.39. The van der Waals surface area contributed by atoms with E-state index in [2.05, 4.69) is 75.5 Å². The number of benzene rings is 2. The molecule has 1 nitrogen and oxygen atoms in total. The van der Waals surface area contributed by atoms with E-state index in [0.717, 1.165) is 6.54 Å². The third kappa shape index (κ3) is 3.45. The van der Waals surface area contributed by atoms with Crippen LogP contribution in [0.5, 0.6) is 0 Å². The number of rotatable bonds is 4. The fraction of sp³-hybridized carbons (Fsp3) is 0.333. The summed E-state index contributed by atoms with van der Waals surface area (Å²) in [6.07, 6.45) is 0. The van der Waals surface area contributed by atoms with E-state index in [1.165, 1.54) is 27.8 Å². The minimum absolute atomic E-state index is 0.376. The van der Waals surface area contributed by atoms with Gasteiger partial charge in [-0.1, -0.05) is 48.0 Å². The molecule has 1 atom stereocenters. The maximum atomic E-state index is 3.62. The molecule has 1 unspecified atom stereocenters. The zero-order valence-corrected chi connectivity index (χ0v) is 12.3. The minimum atomic E-state index is 0.376. The normalized spacial score (nSPS) is 12.4. The summed E-state index contributed by atoms with van der Waals surface area (Å²) >= 11 is 0. The molecule has 1 N–H and O–H groups in total. The summed E-state index contributed by atoms with van der Waals surface area (Å²) in [6.45, 7) is 9.64. The van der Waals surface area contributed by atoms with Crippen LogP contribution in [0.2, 0.25) is 0 Å². The highest BCUT2D eigenvalue weighted by Gasteiger charge is 2.07. The lowest BCUT2D eigenvalue weighted by atomic mass is 10.0. The van der Waals surface area contributed by atoms with Gasteiger partial charge in [0.15, 0.2) is 0 Å². The first-order valence-corrected chi connectivity index (χ1v) is 6.93. The summed E-state index contributed by atoms with van der Waals surface area (Å²) < 4.78 is 0. The van der Waals surface area contributed by atoms with Crippen LogP contribution in [-0.4, -0.2) is 0 Å². The molecule has 0 radical (unpaired) electrons. The van der Waals surface area contributed by atoms with Gasteiger partial charge >= 0.3 is 0 Å². The summed E-state index contributed by atoms with van der Waals surface area (Å²) in [4.78, 5) is 0. The zero-order chi connectivity index (χ0) is 13.8. The van der Waals surface area contributed by atoms with Gasteiger partial charge in [-0.15, -0.1) is 0 Å². The monoisotopic (exact) mass is 253 g/mol. The molecule has 2 aromatic rings. The Morgan fingerprint density at radius 3 is 2.42 bits per heavy atom. The van der Waals surface area contributed by atoms with Gasteiger partial charge in [-0.3, -0.25) is 0 Å². The van der Waals surface area contributed by atoms with Crippen LogP contribution in [0.1, 0.15) is 40.8 Å². The Bertz CT molecular complexity index is 557. The maximum Gasteiger partial charge on any atom is 0.0297 e. The summed E-state index contributed by atoms with van der Waals surface area (Å²) in [5.41, 5.74) is 6.80. The Morgan fingerprint density at radius 1 is 0.947 bits per heavy atom. The van der Waals surface area contributed by atoms with Crippen LogP contribution in [0.25, 0.3) is 0 Å². The van der Waals surface area contributed by atoms with Crippen molar-refractivity contribution in [3.05, 3.63) is 70.3 Å². The third-order valence-corrected chi connectivity index (χ3v) is 3.76. The topological polar surface area (TPSA) is 12.0 Å². The zero-order valence-electron chi connectivity index (χ0n) is 12.3. The SMILES string of the molecule is Cc1ccc(C)c(CNC(C)c2ccccc2C)c1. The standard InChI is InChI=1S/C18H23N/c1-13-9-10-14(2)17(11-13)12-19-16(4)18-8-6-5-7-15(18)3/h5-11,16,19H,12H2,1-4H3. The highest BCUT2D eigenvalue weighted by molar-refractivity contribution is 5.31. The van der Waals surface area contributed by atoms with Gasteiger partial charge in [0.2, 0.25) is 0 Å². The van der Waals surface area contributed by atoms with Crippen LogP contribution in [-0.2, 0) is 6.54 Å². The Kier molecular flexibility index (Phi) is 4.39. The van der Waals surface area contributed by atoms with Gasteiger partial charge in [0, 0.05) is 12.6 Å². The van der Waals surface area contributed by atoms with Gasteiger partial charge < -0.3 is 5.32 Å². The van der Waals surface area contributed by atoms with Crippen molar-refractivity contribution in [2.45, 2.75) is 40.3 Å². The van der Waals surface area contributed by atoms with Crippen molar-refractivity contribution in [3.8, 4) is 0 Å². The minimum Gasteiger partial charge on any atom is -0.306 e. The molecule has 19 heavy (non-hydrogen) atoms. The van der Waals surface area contributed by atoms with Gasteiger partial charge in [-0.05, 0) is 49.9 Å². The molecule has 0 spiro atoms. The van der Waals surface area contributed by atoms with E-state index in [1.54, 1.807) is 0 Å². The Balaban J connectivity index is 2.06. The molecule has 0 aliphatic carbocycles. The van der Waals surface area contributed by atoms with Crippen molar-refractivity contribution in [2.24, 2.45) is 0 Å². The fourth-order valence-corrected chi connectivity index (χ4v) is 2.44. The highest BCUT2D eigenvalue weighted by atomic mass is 14.9. The third-order valence-electron chi connectivity index (χ3n) is 3.76. The average molecular weight is 253 g/mol. The van der Waals surface area contributed by atoms with Crippen molar-refractivity contribution < 1.29 is 0 Å². The van der Waals surface area contributed by atoms with Crippen molar-refractivity contribution in [1.29, 1.82) is 0 Å². The lowest BCUT2D eigenvalue weighted by Crippen LogP contribution is -2.19. The van der Waals surface area contributed by atoms with Crippen LogP contribution in [0.4, 0.5) is 0 Å². The molecule has 2 aromatic carbocycles. The number of hydrogen-bond acceptors (Lipinski definition) is 1. The van der Waals surface area contributed by atoms with Crippen molar-refractivity contribution in [2.75, 3.05) is 0 Å². The molecule has 2 rings (SSSR count). The number of nitrogens with one attached hydrogen (secondary N) is 1. The van der Waals surface area contributed by atoms with Crippen LogP contribution >= 0.6 is 0 Å². The van der Waals surface area contributed by atoms with E-state index in [9.17, 15) is 0 Å². The van der Waals surface area contributed by atoms with E-state index in [-0.39, 0.29) is 0 Å². The van der Waals surface area contributed by atoms with Crippen LogP contribution in [0, 0.1) is 20.8 Å². The predicted octanol–water partition coefficient (Wildman–Crippen LogP) is 4.46. The van der Waals surface area contributed by atoms with Gasteiger partial charge in [-0.2, -0.15) is 0 Å². The van der Waals surface area contributed by atoms with E-state index in [0.29, 0.717) is 6.04 Å². The first-order valence-electron chi connectivity index (χ1n) is 6.93. The largest absolute Gasteiger partial charge is 0.306 e. The van der Waals surface area contributed by atoms with E-state index < -0.39 is 0 Å². The van der Waals surface area contributed by atoms with E-state index >= 15 is 0 Å². The van der Waals surface area contributed by atoms with Crippen molar-refractivity contribution in [1.82, 2.24) is 5.32 Å². The van der Waals surface area contributed by atoms with E-state index in [4.69, 9.17) is 0 Å². The lowest BCUT2D eigenvalue weighted by Gasteiger charge is -2.17.